The number of alkyl halides is 3. The molecule has 2 aromatic carbocycles. The summed E-state index contributed by atoms with van der Waals surface area (Å²) in [6.07, 6.45) is -5.13. The zero-order chi connectivity index (χ0) is 20.0. The summed E-state index contributed by atoms with van der Waals surface area (Å²) in [6, 6.07) is 14.0. The van der Waals surface area contributed by atoms with Gasteiger partial charge in [0.25, 0.3) is 0 Å². The number of methoxy groups -OCH3 is 1. The summed E-state index contributed by atoms with van der Waals surface area (Å²) >= 11 is 0. The summed E-state index contributed by atoms with van der Waals surface area (Å²) < 4.78 is 50.9. The lowest BCUT2D eigenvalue weighted by Crippen LogP contribution is -2.46. The molecular weight excluding hydrogens is 440 g/mol. The van der Waals surface area contributed by atoms with Crippen LogP contribution < -0.4 is 14.8 Å². The molecule has 2 aromatic rings. The molecule has 1 N–H and O–H groups in total. The molecule has 1 aliphatic heterocycles. The Hall–Kier alpha value is -1.67. The van der Waals surface area contributed by atoms with E-state index in [1.807, 2.05) is 35.2 Å². The average Bonchev–Trinajstić information content (AvgIpc) is 2.71. The van der Waals surface area contributed by atoms with Crippen molar-refractivity contribution < 1.29 is 22.6 Å². The largest absolute Gasteiger partial charge is 0.493 e. The number of piperazine rings is 1. The van der Waals surface area contributed by atoms with Crippen LogP contribution in [0.1, 0.15) is 23.6 Å². The number of hydrogen-bond donors (Lipinski definition) is 1. The SMILES string of the molecule is COc1cc([C@@H](CC(F)(F)F)N2CCNCC2)ccc1OCc1ccccc1.Cl.Cl. The van der Waals surface area contributed by atoms with Gasteiger partial charge >= 0.3 is 6.18 Å². The van der Waals surface area contributed by atoms with Crippen LogP contribution in [0.15, 0.2) is 48.5 Å². The highest BCUT2D eigenvalue weighted by atomic mass is 35.5. The van der Waals surface area contributed by atoms with Gasteiger partial charge in [-0.1, -0.05) is 36.4 Å². The molecule has 1 fully saturated rings. The Morgan fingerprint density at radius 2 is 1.67 bits per heavy atom. The molecule has 4 nitrogen and oxygen atoms in total. The van der Waals surface area contributed by atoms with E-state index in [0.29, 0.717) is 49.8 Å². The van der Waals surface area contributed by atoms with E-state index in [9.17, 15) is 13.2 Å². The molecule has 1 atom stereocenters. The van der Waals surface area contributed by atoms with Crippen molar-refractivity contribution >= 4 is 24.8 Å². The zero-order valence-corrected chi connectivity index (χ0v) is 18.3. The Kier molecular flexibility index (Phi) is 10.8. The van der Waals surface area contributed by atoms with Gasteiger partial charge in [-0.3, -0.25) is 4.90 Å². The molecule has 0 spiro atoms. The minimum Gasteiger partial charge on any atom is -0.493 e. The van der Waals surface area contributed by atoms with E-state index >= 15 is 0 Å². The Morgan fingerprint density at radius 3 is 2.27 bits per heavy atom. The molecule has 9 heteroatoms. The molecule has 0 amide bonds. The smallest absolute Gasteiger partial charge is 0.390 e. The minimum atomic E-state index is -4.24. The highest BCUT2D eigenvalue weighted by Gasteiger charge is 2.36. The van der Waals surface area contributed by atoms with Crippen molar-refractivity contribution in [2.24, 2.45) is 0 Å². The van der Waals surface area contributed by atoms with Gasteiger partial charge in [0.05, 0.1) is 13.5 Å². The first-order chi connectivity index (χ1) is 13.5. The highest BCUT2D eigenvalue weighted by Crippen LogP contribution is 2.38. The Bertz CT molecular complexity index is 758. The van der Waals surface area contributed by atoms with Crippen LogP contribution in [0, 0.1) is 0 Å². The van der Waals surface area contributed by atoms with Crippen LogP contribution in [0.3, 0.4) is 0 Å². The molecule has 30 heavy (non-hydrogen) atoms. The van der Waals surface area contributed by atoms with E-state index in [-0.39, 0.29) is 24.8 Å². The maximum atomic E-state index is 13.2. The monoisotopic (exact) mass is 466 g/mol. The van der Waals surface area contributed by atoms with E-state index in [1.54, 1.807) is 18.2 Å². The number of nitrogens with one attached hydrogen (secondary N) is 1. The second kappa shape index (κ2) is 12.2. The molecule has 168 valence electrons. The number of halogens is 5. The normalized spacial score (nSPS) is 15.5. The number of hydrogen-bond acceptors (Lipinski definition) is 4. The maximum Gasteiger partial charge on any atom is 0.390 e. The summed E-state index contributed by atoms with van der Waals surface area (Å²) in [5, 5.41) is 3.18. The average molecular weight is 467 g/mol. The third-order valence-corrected chi connectivity index (χ3v) is 4.83. The van der Waals surface area contributed by atoms with Gasteiger partial charge in [0.2, 0.25) is 0 Å². The third kappa shape index (κ3) is 7.54. The second-order valence-electron chi connectivity index (χ2n) is 6.81. The van der Waals surface area contributed by atoms with Crippen LogP contribution in [-0.2, 0) is 6.61 Å². The molecule has 0 radical (unpaired) electrons. The van der Waals surface area contributed by atoms with Crippen LogP contribution in [0.25, 0.3) is 0 Å². The van der Waals surface area contributed by atoms with Gasteiger partial charge in [-0.05, 0) is 23.3 Å². The lowest BCUT2D eigenvalue weighted by Gasteiger charge is -2.35. The van der Waals surface area contributed by atoms with Crippen molar-refractivity contribution in [3.05, 3.63) is 59.7 Å². The van der Waals surface area contributed by atoms with E-state index in [0.717, 1.165) is 5.56 Å². The van der Waals surface area contributed by atoms with E-state index in [1.165, 1.54) is 7.11 Å². The standard InChI is InChI=1S/C21H25F3N2O2.2ClH/c1-27-20-13-17(7-8-19(20)28-15-16-5-3-2-4-6-16)18(14-21(22,23)24)26-11-9-25-10-12-26;;/h2-8,13,18,25H,9-12,14-15H2,1H3;2*1H/t18-;;/m1../s1. The summed E-state index contributed by atoms with van der Waals surface area (Å²) in [4.78, 5) is 1.88. The first-order valence-electron chi connectivity index (χ1n) is 9.32. The van der Waals surface area contributed by atoms with Crippen LogP contribution in [-0.4, -0.2) is 44.4 Å². The fraction of sp³-hybridized carbons (Fsp3) is 0.429. The zero-order valence-electron chi connectivity index (χ0n) is 16.7. The topological polar surface area (TPSA) is 33.7 Å². The highest BCUT2D eigenvalue weighted by molar-refractivity contribution is 5.85. The van der Waals surface area contributed by atoms with Gasteiger partial charge in [-0.25, -0.2) is 0 Å². The molecular formula is C21H27Cl2F3N2O2. The summed E-state index contributed by atoms with van der Waals surface area (Å²) in [6.45, 7) is 2.89. The quantitative estimate of drug-likeness (QED) is 0.621. The van der Waals surface area contributed by atoms with Crippen LogP contribution in [0.2, 0.25) is 0 Å². The molecule has 1 saturated heterocycles. The van der Waals surface area contributed by atoms with Crippen LogP contribution >= 0.6 is 24.8 Å². The molecule has 0 aliphatic carbocycles. The van der Waals surface area contributed by atoms with Crippen molar-refractivity contribution in [1.29, 1.82) is 0 Å². The summed E-state index contributed by atoms with van der Waals surface area (Å²) in [5.41, 5.74) is 1.59. The molecule has 0 bridgehead atoms. The molecule has 1 aliphatic rings. The number of nitrogens with zero attached hydrogens (tertiary/aromatic N) is 1. The van der Waals surface area contributed by atoms with Gasteiger partial charge < -0.3 is 14.8 Å². The van der Waals surface area contributed by atoms with Gasteiger partial charge in [0.15, 0.2) is 11.5 Å². The van der Waals surface area contributed by atoms with Gasteiger partial charge in [0.1, 0.15) is 6.61 Å². The molecule has 0 aromatic heterocycles. The van der Waals surface area contributed by atoms with Crippen molar-refractivity contribution in [1.82, 2.24) is 10.2 Å². The minimum absolute atomic E-state index is 0. The molecule has 3 rings (SSSR count). The van der Waals surface area contributed by atoms with Crippen molar-refractivity contribution in [3.8, 4) is 11.5 Å². The maximum absolute atomic E-state index is 13.2. The second-order valence-corrected chi connectivity index (χ2v) is 6.81. The fourth-order valence-corrected chi connectivity index (χ4v) is 3.42. The van der Waals surface area contributed by atoms with E-state index in [4.69, 9.17) is 9.47 Å². The van der Waals surface area contributed by atoms with Crippen molar-refractivity contribution in [2.75, 3.05) is 33.3 Å². The van der Waals surface area contributed by atoms with E-state index in [2.05, 4.69) is 5.32 Å². The number of benzene rings is 2. The first kappa shape index (κ1) is 26.4. The predicted octanol–water partition coefficient (Wildman–Crippen LogP) is 5.02. The van der Waals surface area contributed by atoms with Crippen LogP contribution in [0.4, 0.5) is 13.2 Å². The lowest BCUT2D eigenvalue weighted by atomic mass is 10.00. The van der Waals surface area contributed by atoms with Gasteiger partial charge in [-0.15, -0.1) is 24.8 Å². The predicted molar refractivity (Wildman–Crippen MR) is 116 cm³/mol. The molecule has 0 saturated carbocycles. The molecule has 1 heterocycles. The summed E-state index contributed by atoms with van der Waals surface area (Å²) in [7, 11) is 1.50. The molecule has 0 unspecified atom stereocenters. The van der Waals surface area contributed by atoms with Gasteiger partial charge in [0, 0.05) is 32.2 Å². The van der Waals surface area contributed by atoms with E-state index < -0.39 is 18.6 Å². The van der Waals surface area contributed by atoms with Crippen molar-refractivity contribution in [2.45, 2.75) is 25.2 Å². The Balaban J connectivity index is 0.00000225. The Morgan fingerprint density at radius 1 is 1.00 bits per heavy atom. The Labute approximate surface area is 187 Å². The lowest BCUT2D eigenvalue weighted by molar-refractivity contribution is -0.148. The van der Waals surface area contributed by atoms with Gasteiger partial charge in [-0.2, -0.15) is 13.2 Å². The third-order valence-electron chi connectivity index (χ3n) is 4.83. The van der Waals surface area contributed by atoms with Crippen LogP contribution in [0.5, 0.6) is 11.5 Å². The fourth-order valence-electron chi connectivity index (χ4n) is 3.42. The number of ether oxygens (including phenoxy) is 2. The first-order valence-corrected chi connectivity index (χ1v) is 9.32. The van der Waals surface area contributed by atoms with Crippen molar-refractivity contribution in [3.63, 3.8) is 0 Å². The summed E-state index contributed by atoms with van der Waals surface area (Å²) in [5.74, 6) is 0.955. The number of rotatable bonds is 7.